The predicted molar refractivity (Wildman–Crippen MR) is 62.0 cm³/mol. The zero-order valence-corrected chi connectivity index (χ0v) is 10.5. The van der Waals surface area contributed by atoms with Gasteiger partial charge in [-0.1, -0.05) is 24.0 Å². The van der Waals surface area contributed by atoms with Gasteiger partial charge in [0.2, 0.25) is 0 Å². The number of allylic oxidation sites excluding steroid dienone is 2. The van der Waals surface area contributed by atoms with Crippen LogP contribution in [0.15, 0.2) is 11.1 Å². The molecule has 2 unspecified atom stereocenters. The van der Waals surface area contributed by atoms with E-state index in [1.54, 1.807) is 0 Å². The molecule has 1 heterocycles. The molecule has 3 aliphatic rings. The smallest absolute Gasteiger partial charge is 0.321 e. The largest absolute Gasteiger partial charge is 0.392 e. The highest BCUT2D eigenvalue weighted by Gasteiger charge is 2.69. The second-order valence-corrected chi connectivity index (χ2v) is 5.96. The molecule has 1 saturated heterocycles. The summed E-state index contributed by atoms with van der Waals surface area (Å²) < 4.78 is 5.03. The van der Waals surface area contributed by atoms with E-state index in [1.807, 2.05) is 0 Å². The van der Waals surface area contributed by atoms with E-state index in [9.17, 15) is 9.59 Å². The van der Waals surface area contributed by atoms with Crippen molar-refractivity contribution in [3.63, 3.8) is 0 Å². The Morgan fingerprint density at radius 1 is 0.882 bits per heavy atom. The summed E-state index contributed by atoms with van der Waals surface area (Å²) >= 11 is 0. The third-order valence-corrected chi connectivity index (χ3v) is 5.20. The lowest BCUT2D eigenvalue weighted by Gasteiger charge is -2.47. The molecule has 0 spiro atoms. The SMILES string of the molecule is CC1=C(C)CC23CCCCC2(C1)C(=O)OC3=O. The average Bonchev–Trinajstić information content (AvgIpc) is 2.50. The summed E-state index contributed by atoms with van der Waals surface area (Å²) in [5.41, 5.74) is 1.50. The first-order valence-corrected chi connectivity index (χ1v) is 6.44. The number of cyclic esters (lactones) is 2. The first-order valence-electron chi connectivity index (χ1n) is 6.44. The highest BCUT2D eigenvalue weighted by molar-refractivity contribution is 6.02. The topological polar surface area (TPSA) is 43.4 Å². The van der Waals surface area contributed by atoms with Gasteiger partial charge in [-0.15, -0.1) is 0 Å². The van der Waals surface area contributed by atoms with E-state index in [0.29, 0.717) is 0 Å². The van der Waals surface area contributed by atoms with Crippen molar-refractivity contribution in [1.82, 2.24) is 0 Å². The minimum absolute atomic E-state index is 0.256. The van der Waals surface area contributed by atoms with Gasteiger partial charge in [-0.05, 0) is 39.5 Å². The molecule has 2 aliphatic carbocycles. The molecule has 3 nitrogen and oxygen atoms in total. The lowest BCUT2D eigenvalue weighted by molar-refractivity contribution is -0.155. The third kappa shape index (κ3) is 1.12. The van der Waals surface area contributed by atoms with E-state index in [2.05, 4.69) is 13.8 Å². The molecule has 0 N–H and O–H groups in total. The van der Waals surface area contributed by atoms with Crippen LogP contribution in [-0.4, -0.2) is 11.9 Å². The lowest BCUT2D eigenvalue weighted by atomic mass is 9.50. The Labute approximate surface area is 101 Å². The van der Waals surface area contributed by atoms with E-state index in [1.165, 1.54) is 11.1 Å². The van der Waals surface area contributed by atoms with E-state index >= 15 is 0 Å². The number of ether oxygens (including phenoxy) is 1. The fraction of sp³-hybridized carbons (Fsp3) is 0.714. The average molecular weight is 234 g/mol. The molecule has 3 rings (SSSR count). The molecule has 17 heavy (non-hydrogen) atoms. The summed E-state index contributed by atoms with van der Waals surface area (Å²) in [7, 11) is 0. The van der Waals surface area contributed by atoms with Gasteiger partial charge in [-0.2, -0.15) is 0 Å². The van der Waals surface area contributed by atoms with Gasteiger partial charge < -0.3 is 4.74 Å². The summed E-state index contributed by atoms with van der Waals surface area (Å²) in [4.78, 5) is 24.3. The van der Waals surface area contributed by atoms with E-state index < -0.39 is 10.8 Å². The summed E-state index contributed by atoms with van der Waals surface area (Å²) in [6, 6.07) is 0. The molecule has 2 fully saturated rings. The highest BCUT2D eigenvalue weighted by Crippen LogP contribution is 2.64. The predicted octanol–water partition coefficient (Wildman–Crippen LogP) is 2.75. The number of carbonyl (C=O) groups is 2. The van der Waals surface area contributed by atoms with Crippen molar-refractivity contribution in [2.75, 3.05) is 0 Å². The second-order valence-electron chi connectivity index (χ2n) is 5.96. The normalized spacial score (nSPS) is 41.1. The minimum Gasteiger partial charge on any atom is -0.392 e. The molecule has 0 radical (unpaired) electrons. The van der Waals surface area contributed by atoms with Gasteiger partial charge in [0, 0.05) is 0 Å². The molecule has 0 aromatic heterocycles. The number of esters is 2. The summed E-state index contributed by atoms with van der Waals surface area (Å²) in [5, 5.41) is 0. The van der Waals surface area contributed by atoms with Crippen molar-refractivity contribution >= 4 is 11.9 Å². The van der Waals surface area contributed by atoms with Gasteiger partial charge >= 0.3 is 11.9 Å². The van der Waals surface area contributed by atoms with Crippen LogP contribution in [0, 0.1) is 10.8 Å². The van der Waals surface area contributed by atoms with Crippen molar-refractivity contribution in [1.29, 1.82) is 0 Å². The molecule has 0 aromatic carbocycles. The second kappa shape index (κ2) is 3.21. The van der Waals surface area contributed by atoms with Crippen LogP contribution in [0.25, 0.3) is 0 Å². The van der Waals surface area contributed by atoms with Crippen LogP contribution in [-0.2, 0) is 14.3 Å². The van der Waals surface area contributed by atoms with Gasteiger partial charge in [-0.3, -0.25) is 9.59 Å². The number of carbonyl (C=O) groups excluding carboxylic acids is 2. The maximum absolute atomic E-state index is 12.2. The van der Waals surface area contributed by atoms with Crippen LogP contribution < -0.4 is 0 Å². The molecule has 2 atom stereocenters. The maximum atomic E-state index is 12.2. The molecule has 1 aliphatic heterocycles. The summed E-state index contributed by atoms with van der Waals surface area (Å²) in [5.74, 6) is -0.511. The first-order chi connectivity index (χ1) is 8.02. The monoisotopic (exact) mass is 234 g/mol. The van der Waals surface area contributed by atoms with Gasteiger partial charge in [0.05, 0.1) is 10.8 Å². The molecule has 92 valence electrons. The van der Waals surface area contributed by atoms with Crippen molar-refractivity contribution in [3.8, 4) is 0 Å². The van der Waals surface area contributed by atoms with E-state index in [-0.39, 0.29) is 11.9 Å². The molecular formula is C14H18O3. The quantitative estimate of drug-likeness (QED) is 0.368. The minimum atomic E-state index is -0.522. The maximum Gasteiger partial charge on any atom is 0.321 e. The van der Waals surface area contributed by atoms with Crippen LogP contribution in [0.1, 0.15) is 52.4 Å². The van der Waals surface area contributed by atoms with Gasteiger partial charge in [0.25, 0.3) is 0 Å². The van der Waals surface area contributed by atoms with Crippen molar-refractivity contribution in [2.45, 2.75) is 52.4 Å². The molecule has 3 heteroatoms. The zero-order chi connectivity index (χ0) is 12.3. The zero-order valence-electron chi connectivity index (χ0n) is 10.5. The van der Waals surface area contributed by atoms with E-state index in [0.717, 1.165) is 38.5 Å². The van der Waals surface area contributed by atoms with Crippen LogP contribution >= 0.6 is 0 Å². The number of hydrogen-bond acceptors (Lipinski definition) is 3. The first kappa shape index (κ1) is 11.0. The van der Waals surface area contributed by atoms with Crippen molar-refractivity contribution in [3.05, 3.63) is 11.1 Å². The van der Waals surface area contributed by atoms with Crippen molar-refractivity contribution < 1.29 is 14.3 Å². The summed E-state index contributed by atoms with van der Waals surface area (Å²) in [6.45, 7) is 4.16. The number of rotatable bonds is 0. The van der Waals surface area contributed by atoms with Crippen molar-refractivity contribution in [2.24, 2.45) is 10.8 Å². The molecule has 0 aromatic rings. The highest BCUT2D eigenvalue weighted by atomic mass is 16.6. The van der Waals surface area contributed by atoms with Gasteiger partial charge in [0.15, 0.2) is 0 Å². The Balaban J connectivity index is 2.19. The third-order valence-electron chi connectivity index (χ3n) is 5.20. The van der Waals surface area contributed by atoms with Crippen LogP contribution in [0.4, 0.5) is 0 Å². The molecule has 1 saturated carbocycles. The fourth-order valence-corrected chi connectivity index (χ4v) is 4.07. The van der Waals surface area contributed by atoms with E-state index in [4.69, 9.17) is 4.74 Å². The fourth-order valence-electron chi connectivity index (χ4n) is 4.07. The number of hydrogen-bond donors (Lipinski definition) is 0. The van der Waals surface area contributed by atoms with Crippen LogP contribution in [0.3, 0.4) is 0 Å². The Morgan fingerprint density at radius 3 is 1.71 bits per heavy atom. The van der Waals surface area contributed by atoms with Crippen LogP contribution in [0.2, 0.25) is 0 Å². The molecule has 0 amide bonds. The Morgan fingerprint density at radius 2 is 1.29 bits per heavy atom. The Hall–Kier alpha value is -1.12. The van der Waals surface area contributed by atoms with Gasteiger partial charge in [0.1, 0.15) is 0 Å². The Bertz CT molecular complexity index is 408. The molecule has 0 bridgehead atoms. The van der Waals surface area contributed by atoms with Gasteiger partial charge in [-0.25, -0.2) is 0 Å². The standard InChI is InChI=1S/C14H18O3/c1-9-7-13-5-3-4-6-14(13,8-10(9)2)12(16)17-11(13)15/h3-8H2,1-2H3. The Kier molecular flexibility index (Phi) is 2.08. The molecular weight excluding hydrogens is 216 g/mol. The summed E-state index contributed by atoms with van der Waals surface area (Å²) in [6.07, 6.45) is 5.17. The lowest BCUT2D eigenvalue weighted by Crippen LogP contribution is -2.49. The van der Waals surface area contributed by atoms with Crippen LogP contribution in [0.5, 0.6) is 0 Å².